The van der Waals surface area contributed by atoms with Gasteiger partial charge in [0.1, 0.15) is 0 Å². The lowest BCUT2D eigenvalue weighted by Crippen LogP contribution is -1.90. The molecule has 0 saturated heterocycles. The summed E-state index contributed by atoms with van der Waals surface area (Å²) in [6.07, 6.45) is 8.83. The lowest BCUT2D eigenvalue weighted by Gasteiger charge is -2.11. The predicted octanol–water partition coefficient (Wildman–Crippen LogP) is 2.56. The Morgan fingerprint density at radius 3 is 2.00 bits per heavy atom. The largest absolute Gasteiger partial charge is 0.412 e. The number of benzene rings is 1. The first-order valence-corrected chi connectivity index (χ1v) is 5.39. The van der Waals surface area contributed by atoms with Crippen molar-refractivity contribution in [1.82, 2.24) is 0 Å². The van der Waals surface area contributed by atoms with E-state index in [0.717, 1.165) is 18.6 Å². The highest BCUT2D eigenvalue weighted by Crippen LogP contribution is 2.26. The van der Waals surface area contributed by atoms with E-state index in [1.54, 1.807) is 0 Å². The standard InChI is InChI=1S/C13H12.2CHNO.H2O/c1-11-7-5-6-10-13(11)12-8-3-2-4-9-12;2*2-1-3;/h2-6,8-10H,1,7H2;2*2H;1H2. The van der Waals surface area contributed by atoms with Crippen LogP contribution in [0.1, 0.15) is 12.0 Å². The van der Waals surface area contributed by atoms with Crippen molar-refractivity contribution >= 4 is 17.7 Å². The SMILES string of the molecule is C=C1CC=CC=C1c1ccccc1.N=C=O.N=C=O.O. The van der Waals surface area contributed by atoms with Crippen molar-refractivity contribution in [2.75, 3.05) is 0 Å². The molecule has 1 aliphatic rings. The van der Waals surface area contributed by atoms with E-state index in [4.69, 9.17) is 20.4 Å². The van der Waals surface area contributed by atoms with Crippen LogP contribution in [-0.2, 0) is 9.59 Å². The lowest BCUT2D eigenvalue weighted by atomic mass is 9.93. The molecule has 20 heavy (non-hydrogen) atoms. The summed E-state index contributed by atoms with van der Waals surface area (Å²) in [5, 5.41) is 10.8. The molecule has 5 nitrogen and oxygen atoms in total. The molecule has 2 rings (SSSR count). The van der Waals surface area contributed by atoms with Crippen molar-refractivity contribution in [3.05, 3.63) is 66.3 Å². The molecule has 0 unspecified atom stereocenters. The summed E-state index contributed by atoms with van der Waals surface area (Å²) in [7, 11) is 0. The molecule has 0 aromatic heterocycles. The Labute approximate surface area is 117 Å². The minimum atomic E-state index is 0. The van der Waals surface area contributed by atoms with Gasteiger partial charge in [0.05, 0.1) is 0 Å². The van der Waals surface area contributed by atoms with Crippen LogP contribution in [0, 0.1) is 10.8 Å². The van der Waals surface area contributed by atoms with Crippen LogP contribution in [0.25, 0.3) is 5.57 Å². The molecule has 1 aliphatic carbocycles. The molecule has 0 heterocycles. The number of rotatable bonds is 1. The summed E-state index contributed by atoms with van der Waals surface area (Å²) in [5.41, 5.74) is 3.73. The van der Waals surface area contributed by atoms with Gasteiger partial charge >= 0.3 is 0 Å². The Balaban J connectivity index is 0. The lowest BCUT2D eigenvalue weighted by molar-refractivity contribution is 0.562. The van der Waals surface area contributed by atoms with Crippen LogP contribution in [-0.4, -0.2) is 17.6 Å². The van der Waals surface area contributed by atoms with E-state index < -0.39 is 0 Å². The molecule has 0 fully saturated rings. The average Bonchev–Trinajstić information content (AvgIpc) is 2.42. The van der Waals surface area contributed by atoms with Crippen LogP contribution < -0.4 is 0 Å². The van der Waals surface area contributed by atoms with Gasteiger partial charge in [-0.05, 0) is 23.1 Å². The van der Waals surface area contributed by atoms with Crippen molar-refractivity contribution in [1.29, 1.82) is 10.8 Å². The second kappa shape index (κ2) is 12.6. The van der Waals surface area contributed by atoms with Gasteiger partial charge in [0.25, 0.3) is 0 Å². The number of nitrogens with one attached hydrogen (secondary N) is 2. The fourth-order valence-corrected chi connectivity index (χ4v) is 1.52. The highest BCUT2D eigenvalue weighted by molar-refractivity contribution is 5.80. The Kier molecular flexibility index (Phi) is 12.3. The van der Waals surface area contributed by atoms with Gasteiger partial charge in [0, 0.05) is 0 Å². The van der Waals surface area contributed by atoms with Crippen LogP contribution in [0.2, 0.25) is 0 Å². The van der Waals surface area contributed by atoms with Crippen molar-refractivity contribution in [2.24, 2.45) is 0 Å². The molecular weight excluding hydrogens is 256 g/mol. The molecule has 0 aliphatic heterocycles. The number of allylic oxidation sites excluding steroid dienone is 5. The van der Waals surface area contributed by atoms with Crippen molar-refractivity contribution in [3.8, 4) is 0 Å². The van der Waals surface area contributed by atoms with Gasteiger partial charge in [-0.25, -0.2) is 20.4 Å². The summed E-state index contributed by atoms with van der Waals surface area (Å²) >= 11 is 0. The van der Waals surface area contributed by atoms with Gasteiger partial charge in [-0.15, -0.1) is 0 Å². The highest BCUT2D eigenvalue weighted by Gasteiger charge is 2.05. The molecule has 1 aromatic rings. The Morgan fingerprint density at radius 1 is 1.05 bits per heavy atom. The highest BCUT2D eigenvalue weighted by atomic mass is 16.1. The van der Waals surface area contributed by atoms with E-state index in [1.165, 1.54) is 16.7 Å². The zero-order valence-corrected chi connectivity index (χ0v) is 10.8. The normalized spacial score (nSPS) is 11.0. The topological polar surface area (TPSA) is 113 Å². The maximum atomic E-state index is 8.35. The summed E-state index contributed by atoms with van der Waals surface area (Å²) in [6, 6.07) is 10.4. The van der Waals surface area contributed by atoms with Crippen molar-refractivity contribution in [2.45, 2.75) is 6.42 Å². The molecule has 0 bridgehead atoms. The molecular formula is C15H16N2O3. The van der Waals surface area contributed by atoms with Crippen LogP contribution >= 0.6 is 0 Å². The number of hydrogen-bond donors (Lipinski definition) is 2. The first-order chi connectivity index (χ1) is 9.21. The monoisotopic (exact) mass is 272 g/mol. The first kappa shape index (κ1) is 19.5. The molecule has 4 N–H and O–H groups in total. The Bertz CT molecular complexity index is 521. The third-order valence-corrected chi connectivity index (χ3v) is 2.23. The summed E-state index contributed by atoms with van der Waals surface area (Å²) in [4.78, 5) is 16.7. The summed E-state index contributed by atoms with van der Waals surface area (Å²) in [6.45, 7) is 4.05. The quantitative estimate of drug-likeness (QED) is 0.604. The zero-order valence-electron chi connectivity index (χ0n) is 10.8. The molecule has 0 saturated carbocycles. The minimum absolute atomic E-state index is 0. The van der Waals surface area contributed by atoms with Gasteiger partial charge in [-0.3, -0.25) is 0 Å². The fourth-order valence-electron chi connectivity index (χ4n) is 1.52. The smallest absolute Gasteiger partial charge is 0.231 e. The maximum absolute atomic E-state index is 8.35. The van der Waals surface area contributed by atoms with E-state index in [1.807, 2.05) is 6.07 Å². The second-order valence-electron chi connectivity index (χ2n) is 3.39. The van der Waals surface area contributed by atoms with E-state index in [-0.39, 0.29) is 5.48 Å². The van der Waals surface area contributed by atoms with Gasteiger partial charge in [-0.2, -0.15) is 0 Å². The maximum Gasteiger partial charge on any atom is 0.231 e. The van der Waals surface area contributed by atoms with E-state index in [9.17, 15) is 0 Å². The molecule has 1 aromatic carbocycles. The summed E-state index contributed by atoms with van der Waals surface area (Å²) in [5.74, 6) is 0. The Hall–Kier alpha value is -2.84. The van der Waals surface area contributed by atoms with Crippen molar-refractivity contribution in [3.63, 3.8) is 0 Å². The zero-order chi connectivity index (χ0) is 14.5. The number of isocyanates is 2. The minimum Gasteiger partial charge on any atom is -0.412 e. The van der Waals surface area contributed by atoms with Crippen LogP contribution in [0.5, 0.6) is 0 Å². The molecule has 0 atom stereocenters. The molecule has 104 valence electrons. The number of carbonyl (C=O) groups excluding carboxylic acids is 2. The fraction of sp³-hybridized carbons (Fsp3) is 0.0667. The molecule has 0 radical (unpaired) electrons. The van der Waals surface area contributed by atoms with Crippen molar-refractivity contribution < 1.29 is 15.1 Å². The number of hydrogen-bond acceptors (Lipinski definition) is 4. The predicted molar refractivity (Wildman–Crippen MR) is 77.8 cm³/mol. The van der Waals surface area contributed by atoms with Gasteiger partial charge in [0.15, 0.2) is 0 Å². The van der Waals surface area contributed by atoms with Crippen LogP contribution in [0.3, 0.4) is 0 Å². The molecule has 0 amide bonds. The van der Waals surface area contributed by atoms with Crippen LogP contribution in [0.15, 0.2) is 60.7 Å². The average molecular weight is 272 g/mol. The van der Waals surface area contributed by atoms with Gasteiger partial charge in [-0.1, -0.05) is 55.1 Å². The van der Waals surface area contributed by atoms with E-state index >= 15 is 0 Å². The second-order valence-corrected chi connectivity index (χ2v) is 3.39. The third kappa shape index (κ3) is 7.48. The summed E-state index contributed by atoms with van der Waals surface area (Å²) < 4.78 is 0. The Morgan fingerprint density at radius 2 is 1.55 bits per heavy atom. The van der Waals surface area contributed by atoms with E-state index in [0.29, 0.717) is 0 Å². The van der Waals surface area contributed by atoms with Gasteiger partial charge < -0.3 is 5.48 Å². The van der Waals surface area contributed by atoms with Gasteiger partial charge in [0.2, 0.25) is 12.2 Å². The van der Waals surface area contributed by atoms with E-state index in [2.05, 4.69) is 49.1 Å². The third-order valence-electron chi connectivity index (χ3n) is 2.23. The first-order valence-electron chi connectivity index (χ1n) is 5.39. The molecule has 5 heteroatoms. The molecule has 0 spiro atoms. The van der Waals surface area contributed by atoms with Crippen LogP contribution in [0.4, 0.5) is 0 Å².